The average Bonchev–Trinajstić information content (AvgIpc) is 2.81. The lowest BCUT2D eigenvalue weighted by atomic mass is 9.96. The molecule has 30 heavy (non-hydrogen) atoms. The summed E-state index contributed by atoms with van der Waals surface area (Å²) >= 11 is 0. The summed E-state index contributed by atoms with van der Waals surface area (Å²) in [6.45, 7) is 3.97. The van der Waals surface area contributed by atoms with Crippen molar-refractivity contribution in [3.8, 4) is 0 Å². The van der Waals surface area contributed by atoms with Crippen LogP contribution in [0.15, 0.2) is 84.9 Å². The van der Waals surface area contributed by atoms with Gasteiger partial charge in [-0.1, -0.05) is 72.8 Å². The summed E-state index contributed by atoms with van der Waals surface area (Å²) in [7, 11) is 1.68. The number of nitrogens with zero attached hydrogens (tertiary/aromatic N) is 1. The topological polar surface area (TPSA) is 34.0 Å². The van der Waals surface area contributed by atoms with Crippen LogP contribution >= 0.6 is 0 Å². The molecule has 3 aromatic rings. The second-order valence-corrected chi connectivity index (χ2v) is 7.83. The Morgan fingerprint density at radius 1 is 0.867 bits per heavy atom. The second kappa shape index (κ2) is 9.70. The van der Waals surface area contributed by atoms with Crippen LogP contribution in [-0.4, -0.2) is 44.1 Å². The van der Waals surface area contributed by atoms with Crippen molar-refractivity contribution in [2.45, 2.75) is 12.6 Å². The van der Waals surface area contributed by atoms with E-state index in [0.29, 0.717) is 6.61 Å². The molecule has 1 N–H and O–H groups in total. The summed E-state index contributed by atoms with van der Waals surface area (Å²) in [4.78, 5) is 16.5. The summed E-state index contributed by atoms with van der Waals surface area (Å²) < 4.78 is 5.15. The highest BCUT2D eigenvalue weighted by Crippen LogP contribution is 2.19. The summed E-state index contributed by atoms with van der Waals surface area (Å²) in [6, 6.07) is 29.5. The van der Waals surface area contributed by atoms with E-state index in [9.17, 15) is 4.79 Å². The molecule has 0 radical (unpaired) electrons. The lowest BCUT2D eigenvalue weighted by Gasteiger charge is -2.37. The van der Waals surface area contributed by atoms with Crippen molar-refractivity contribution < 1.29 is 14.4 Å². The molecule has 1 aliphatic heterocycles. The fourth-order valence-corrected chi connectivity index (χ4v) is 4.33. The predicted molar refractivity (Wildman–Crippen MR) is 118 cm³/mol. The Kier molecular flexibility index (Phi) is 6.57. The van der Waals surface area contributed by atoms with Gasteiger partial charge in [0, 0.05) is 23.8 Å². The van der Waals surface area contributed by atoms with Gasteiger partial charge in [-0.25, -0.2) is 0 Å². The number of hydrogen-bond acceptors (Lipinski definition) is 2. The average molecular weight is 402 g/mol. The maximum absolute atomic E-state index is 13.0. The Bertz CT molecular complexity index is 894. The molecule has 1 fully saturated rings. The Balaban J connectivity index is 1.46. The van der Waals surface area contributed by atoms with Crippen molar-refractivity contribution in [2.75, 3.05) is 33.3 Å². The lowest BCUT2D eigenvalue weighted by molar-refractivity contribution is -0.929. The first-order valence-corrected chi connectivity index (χ1v) is 10.6. The molecule has 1 aliphatic rings. The number of hydrogen-bond donors (Lipinski definition) is 1. The molecule has 0 atom stereocenters. The fourth-order valence-electron chi connectivity index (χ4n) is 4.33. The molecule has 0 aliphatic carbocycles. The first kappa shape index (κ1) is 20.3. The summed E-state index contributed by atoms with van der Waals surface area (Å²) in [6.07, 6.45) is 0. The van der Waals surface area contributed by atoms with Gasteiger partial charge < -0.3 is 14.5 Å². The number of rotatable bonds is 6. The second-order valence-electron chi connectivity index (χ2n) is 7.83. The van der Waals surface area contributed by atoms with E-state index < -0.39 is 0 Å². The normalized spacial score (nSPS) is 14.8. The van der Waals surface area contributed by atoms with E-state index in [2.05, 4.69) is 60.7 Å². The van der Waals surface area contributed by atoms with Crippen molar-refractivity contribution in [3.05, 3.63) is 107 Å². The van der Waals surface area contributed by atoms with Crippen LogP contribution in [0.5, 0.6) is 0 Å². The van der Waals surface area contributed by atoms with Crippen molar-refractivity contribution in [2.24, 2.45) is 0 Å². The molecule has 0 aromatic heterocycles. The smallest absolute Gasteiger partial charge is 0.254 e. The van der Waals surface area contributed by atoms with Gasteiger partial charge in [0.1, 0.15) is 6.04 Å². The zero-order valence-corrected chi connectivity index (χ0v) is 17.5. The van der Waals surface area contributed by atoms with Crippen LogP contribution in [0.25, 0.3) is 0 Å². The number of carbonyl (C=O) groups is 1. The number of piperazine rings is 1. The number of ether oxygens (including phenoxy) is 1. The third-order valence-electron chi connectivity index (χ3n) is 5.88. The largest absolute Gasteiger partial charge is 0.380 e. The van der Waals surface area contributed by atoms with Crippen molar-refractivity contribution in [3.63, 3.8) is 0 Å². The van der Waals surface area contributed by atoms with E-state index in [4.69, 9.17) is 4.74 Å². The van der Waals surface area contributed by atoms with Gasteiger partial charge in [-0.3, -0.25) is 4.79 Å². The van der Waals surface area contributed by atoms with Gasteiger partial charge in [0.15, 0.2) is 0 Å². The maximum atomic E-state index is 13.0. The molecule has 154 valence electrons. The molecule has 1 saturated heterocycles. The zero-order valence-electron chi connectivity index (χ0n) is 17.5. The molecule has 4 rings (SSSR count). The highest BCUT2D eigenvalue weighted by atomic mass is 16.5. The Labute approximate surface area is 178 Å². The molecule has 0 spiro atoms. The van der Waals surface area contributed by atoms with Gasteiger partial charge in [0.25, 0.3) is 5.91 Å². The molecule has 4 heteroatoms. The molecule has 3 aromatic carbocycles. The SMILES string of the molecule is COCc1ccc(C(=O)N2CC[NH+](C(c3ccccc3)c3ccccc3)CC2)cc1. The van der Waals surface area contributed by atoms with E-state index in [-0.39, 0.29) is 11.9 Å². The van der Waals surface area contributed by atoms with Gasteiger partial charge in [-0.2, -0.15) is 0 Å². The third-order valence-corrected chi connectivity index (χ3v) is 5.88. The zero-order chi connectivity index (χ0) is 20.8. The van der Waals surface area contributed by atoms with Gasteiger partial charge in [-0.05, 0) is 17.7 Å². The number of carbonyl (C=O) groups excluding carboxylic acids is 1. The van der Waals surface area contributed by atoms with Crippen LogP contribution in [0, 0.1) is 0 Å². The number of benzene rings is 3. The van der Waals surface area contributed by atoms with Gasteiger partial charge >= 0.3 is 0 Å². The minimum Gasteiger partial charge on any atom is -0.380 e. The van der Waals surface area contributed by atoms with Gasteiger partial charge in [-0.15, -0.1) is 0 Å². The third kappa shape index (κ3) is 4.61. The quantitative estimate of drug-likeness (QED) is 0.689. The molecular formula is C26H29N2O2+. The summed E-state index contributed by atoms with van der Waals surface area (Å²) in [5.41, 5.74) is 4.48. The van der Waals surface area contributed by atoms with Gasteiger partial charge in [0.05, 0.1) is 32.8 Å². The number of amides is 1. The summed E-state index contributed by atoms with van der Waals surface area (Å²) in [5.74, 6) is 0.119. The van der Waals surface area contributed by atoms with Crippen LogP contribution in [0.1, 0.15) is 33.1 Å². The summed E-state index contributed by atoms with van der Waals surface area (Å²) in [5, 5.41) is 0. The highest BCUT2D eigenvalue weighted by molar-refractivity contribution is 5.94. The number of nitrogens with one attached hydrogen (secondary N) is 1. The maximum Gasteiger partial charge on any atom is 0.254 e. The van der Waals surface area contributed by atoms with E-state index in [1.54, 1.807) is 7.11 Å². The fraction of sp³-hybridized carbons (Fsp3) is 0.269. The molecule has 0 unspecified atom stereocenters. The monoisotopic (exact) mass is 401 g/mol. The highest BCUT2D eigenvalue weighted by Gasteiger charge is 2.31. The lowest BCUT2D eigenvalue weighted by Crippen LogP contribution is -3.15. The van der Waals surface area contributed by atoms with Crippen molar-refractivity contribution in [1.29, 1.82) is 0 Å². The van der Waals surface area contributed by atoms with Crippen LogP contribution in [0.4, 0.5) is 0 Å². The Morgan fingerprint density at radius 2 is 1.40 bits per heavy atom. The molecular weight excluding hydrogens is 372 g/mol. The van der Waals surface area contributed by atoms with Gasteiger partial charge in [0.2, 0.25) is 0 Å². The minimum absolute atomic E-state index is 0.119. The van der Waals surface area contributed by atoms with E-state index in [1.807, 2.05) is 29.2 Å². The van der Waals surface area contributed by atoms with E-state index >= 15 is 0 Å². The van der Waals surface area contributed by atoms with Crippen LogP contribution in [0.3, 0.4) is 0 Å². The standard InChI is InChI=1S/C26H28N2O2/c1-30-20-21-12-14-24(15-13-21)26(29)28-18-16-27(17-19-28)25(22-8-4-2-5-9-22)23-10-6-3-7-11-23/h2-15,25H,16-20H2,1H3/p+1. The number of quaternary nitrogens is 1. The van der Waals surface area contributed by atoms with Crippen LogP contribution in [-0.2, 0) is 11.3 Å². The molecule has 1 heterocycles. The van der Waals surface area contributed by atoms with Crippen molar-refractivity contribution >= 4 is 5.91 Å². The molecule has 4 nitrogen and oxygen atoms in total. The minimum atomic E-state index is 0.119. The Morgan fingerprint density at radius 3 is 1.90 bits per heavy atom. The first-order valence-electron chi connectivity index (χ1n) is 10.6. The van der Waals surface area contributed by atoms with Crippen LogP contribution < -0.4 is 4.90 Å². The molecule has 0 bridgehead atoms. The molecule has 1 amide bonds. The first-order chi connectivity index (χ1) is 14.8. The van der Waals surface area contributed by atoms with Crippen LogP contribution in [0.2, 0.25) is 0 Å². The predicted octanol–water partition coefficient (Wildman–Crippen LogP) is 2.96. The number of methoxy groups -OCH3 is 1. The van der Waals surface area contributed by atoms with E-state index in [0.717, 1.165) is 37.3 Å². The Hall–Kier alpha value is -2.95. The van der Waals surface area contributed by atoms with Crippen molar-refractivity contribution in [1.82, 2.24) is 4.90 Å². The molecule has 0 saturated carbocycles. The van der Waals surface area contributed by atoms with E-state index in [1.165, 1.54) is 16.0 Å².